The van der Waals surface area contributed by atoms with Crippen LogP contribution < -0.4 is 0 Å². The number of morpholine rings is 1. The van der Waals surface area contributed by atoms with E-state index in [1.165, 1.54) is 5.56 Å². The Morgan fingerprint density at radius 1 is 0.921 bits per heavy atom. The van der Waals surface area contributed by atoms with Crippen molar-refractivity contribution in [3.05, 3.63) is 101 Å². The molecule has 5 heteroatoms. The van der Waals surface area contributed by atoms with Crippen LogP contribution in [0.25, 0.3) is 0 Å². The van der Waals surface area contributed by atoms with E-state index in [1.807, 2.05) is 32.0 Å². The molecule has 2 aliphatic heterocycles. The van der Waals surface area contributed by atoms with Crippen molar-refractivity contribution in [3.63, 3.8) is 0 Å². The maximum atomic E-state index is 13.8. The minimum absolute atomic E-state index is 0.161. The summed E-state index contributed by atoms with van der Waals surface area (Å²) in [5.41, 5.74) is 4.82. The quantitative estimate of drug-likeness (QED) is 0.446. The second kappa shape index (κ2) is 10.9. The van der Waals surface area contributed by atoms with Gasteiger partial charge in [0.2, 0.25) is 5.91 Å². The normalized spacial score (nSPS) is 26.5. The number of amides is 1. The summed E-state index contributed by atoms with van der Waals surface area (Å²) in [7, 11) is 0. The third kappa shape index (κ3) is 5.23. The molecule has 2 saturated heterocycles. The van der Waals surface area contributed by atoms with Crippen LogP contribution in [0.2, 0.25) is 0 Å². The number of hydrogen-bond donors (Lipinski definition) is 1. The molecule has 2 heterocycles. The summed E-state index contributed by atoms with van der Waals surface area (Å²) in [6.45, 7) is 11.3. The summed E-state index contributed by atoms with van der Waals surface area (Å²) in [4.78, 5) is 18.4. The fourth-order valence-corrected chi connectivity index (χ4v) is 6.80. The summed E-state index contributed by atoms with van der Waals surface area (Å²) in [5, 5.41) is 10.6. The number of ether oxygens (including phenoxy) is 1. The fourth-order valence-electron chi connectivity index (χ4n) is 6.80. The summed E-state index contributed by atoms with van der Waals surface area (Å²) >= 11 is 0. The highest BCUT2D eigenvalue weighted by molar-refractivity contribution is 5.79. The van der Waals surface area contributed by atoms with Crippen LogP contribution in [0, 0.1) is 13.8 Å². The van der Waals surface area contributed by atoms with Crippen LogP contribution in [0.3, 0.4) is 0 Å². The molecule has 2 aliphatic rings. The smallest absolute Gasteiger partial charge is 0.223 e. The average Bonchev–Trinajstić information content (AvgIpc) is 2.89. The number of hydrogen-bond acceptors (Lipinski definition) is 4. The Kier molecular flexibility index (Phi) is 7.60. The topological polar surface area (TPSA) is 53.0 Å². The molecule has 38 heavy (non-hydrogen) atoms. The second-order valence-corrected chi connectivity index (χ2v) is 11.4. The van der Waals surface area contributed by atoms with Crippen LogP contribution in [-0.4, -0.2) is 52.7 Å². The first-order valence-electron chi connectivity index (χ1n) is 13.8. The number of aromatic hydroxyl groups is 1. The maximum Gasteiger partial charge on any atom is 0.223 e. The van der Waals surface area contributed by atoms with Gasteiger partial charge < -0.3 is 14.7 Å². The molecule has 1 N–H and O–H groups in total. The van der Waals surface area contributed by atoms with Gasteiger partial charge in [0.15, 0.2) is 0 Å². The molecule has 3 aromatic rings. The first kappa shape index (κ1) is 26.5. The van der Waals surface area contributed by atoms with Crippen molar-refractivity contribution in [2.24, 2.45) is 0 Å². The number of rotatable bonds is 6. The van der Waals surface area contributed by atoms with Gasteiger partial charge in [0.05, 0.1) is 18.2 Å². The highest BCUT2D eigenvalue weighted by Crippen LogP contribution is 2.50. The number of carbonyl (C=O) groups is 1. The number of carbonyl (C=O) groups excluding carboxylic acids is 1. The van der Waals surface area contributed by atoms with E-state index < -0.39 is 0 Å². The minimum atomic E-state index is -0.323. The summed E-state index contributed by atoms with van der Waals surface area (Å²) in [6, 6.07) is 25.0. The van der Waals surface area contributed by atoms with Gasteiger partial charge >= 0.3 is 0 Å². The zero-order valence-corrected chi connectivity index (χ0v) is 23.1. The molecule has 0 saturated carbocycles. The number of phenols is 1. The Morgan fingerprint density at radius 3 is 2.11 bits per heavy atom. The lowest BCUT2D eigenvalue weighted by Gasteiger charge is -2.53. The molecule has 0 radical (unpaired) electrons. The van der Waals surface area contributed by atoms with Crippen LogP contribution in [-0.2, 0) is 21.5 Å². The molecular formula is C33H40N2O3. The third-order valence-corrected chi connectivity index (χ3v) is 8.31. The highest BCUT2D eigenvalue weighted by atomic mass is 16.5. The molecule has 0 bridgehead atoms. The molecule has 5 rings (SSSR count). The molecule has 0 spiro atoms. The molecule has 3 aromatic carbocycles. The highest BCUT2D eigenvalue weighted by Gasteiger charge is 2.50. The number of piperidine rings is 1. The van der Waals surface area contributed by atoms with Crippen molar-refractivity contribution in [2.45, 2.75) is 70.7 Å². The average molecular weight is 513 g/mol. The van der Waals surface area contributed by atoms with Crippen molar-refractivity contribution in [1.29, 1.82) is 0 Å². The maximum absolute atomic E-state index is 13.8. The Labute approximate surface area is 227 Å². The van der Waals surface area contributed by atoms with Crippen molar-refractivity contribution in [1.82, 2.24) is 9.80 Å². The van der Waals surface area contributed by atoms with Crippen LogP contribution in [0.15, 0.2) is 72.8 Å². The van der Waals surface area contributed by atoms with Gasteiger partial charge in [0, 0.05) is 38.0 Å². The van der Waals surface area contributed by atoms with E-state index in [2.05, 4.69) is 78.2 Å². The minimum Gasteiger partial charge on any atom is -0.507 e. The van der Waals surface area contributed by atoms with Gasteiger partial charge in [-0.1, -0.05) is 72.8 Å². The van der Waals surface area contributed by atoms with Gasteiger partial charge in [0.25, 0.3) is 0 Å². The van der Waals surface area contributed by atoms with E-state index in [1.54, 1.807) is 0 Å². The van der Waals surface area contributed by atoms with E-state index in [9.17, 15) is 9.90 Å². The van der Waals surface area contributed by atoms with Crippen molar-refractivity contribution < 1.29 is 14.6 Å². The SMILES string of the molecule is Cc1cc(C2N(Cc3ccccc3)C(=O)CCC2(CN2CC(C)OC(C)C2)c2ccccc2)cc(C)c1O. The monoisotopic (exact) mass is 512 g/mol. The van der Waals surface area contributed by atoms with E-state index >= 15 is 0 Å². The summed E-state index contributed by atoms with van der Waals surface area (Å²) in [5.74, 6) is 0.504. The molecule has 200 valence electrons. The first-order valence-corrected chi connectivity index (χ1v) is 13.8. The summed E-state index contributed by atoms with van der Waals surface area (Å²) in [6.07, 6.45) is 1.59. The van der Waals surface area contributed by atoms with Crippen molar-refractivity contribution in [3.8, 4) is 5.75 Å². The van der Waals surface area contributed by atoms with Gasteiger partial charge in [-0.25, -0.2) is 0 Å². The van der Waals surface area contributed by atoms with E-state index in [0.717, 1.165) is 48.3 Å². The van der Waals surface area contributed by atoms with Gasteiger partial charge in [-0.2, -0.15) is 0 Å². The lowest BCUT2D eigenvalue weighted by Crippen LogP contribution is -2.58. The van der Waals surface area contributed by atoms with Gasteiger partial charge in [-0.3, -0.25) is 9.69 Å². The van der Waals surface area contributed by atoms with Gasteiger partial charge in [0.1, 0.15) is 5.75 Å². The van der Waals surface area contributed by atoms with Crippen LogP contribution in [0.5, 0.6) is 5.75 Å². The number of likely N-dealkylation sites (tertiary alicyclic amines) is 1. The zero-order chi connectivity index (χ0) is 26.9. The predicted molar refractivity (Wildman–Crippen MR) is 151 cm³/mol. The second-order valence-electron chi connectivity index (χ2n) is 11.4. The predicted octanol–water partition coefficient (Wildman–Crippen LogP) is 5.92. The lowest BCUT2D eigenvalue weighted by atomic mass is 9.65. The Morgan fingerprint density at radius 2 is 1.50 bits per heavy atom. The Hall–Kier alpha value is -3.15. The van der Waals surface area contributed by atoms with Crippen LogP contribution >= 0.6 is 0 Å². The van der Waals surface area contributed by atoms with Gasteiger partial charge in [-0.15, -0.1) is 0 Å². The molecule has 4 atom stereocenters. The molecule has 5 nitrogen and oxygen atoms in total. The van der Waals surface area contributed by atoms with Gasteiger partial charge in [-0.05, 0) is 61.9 Å². The lowest BCUT2D eigenvalue weighted by molar-refractivity contribution is -0.143. The number of aryl methyl sites for hydroxylation is 2. The molecule has 1 amide bonds. The molecule has 0 aliphatic carbocycles. The molecular weight excluding hydrogens is 472 g/mol. The standard InChI is InChI=1S/C33H40N2O3/c1-23-17-28(18-24(2)31(23)37)32-33(29-13-9-6-10-14-29,22-34-19-25(3)38-26(4)20-34)16-15-30(36)35(32)21-27-11-7-5-8-12-27/h5-14,17-18,25-26,32,37H,15-16,19-22H2,1-4H3. The van der Waals surface area contributed by atoms with Crippen molar-refractivity contribution >= 4 is 5.91 Å². The molecule has 2 fully saturated rings. The number of phenolic OH excluding ortho intramolecular Hbond substituents is 1. The van der Waals surface area contributed by atoms with E-state index in [0.29, 0.717) is 18.7 Å². The Bertz CT molecular complexity index is 1230. The number of benzene rings is 3. The zero-order valence-electron chi connectivity index (χ0n) is 23.1. The van der Waals surface area contributed by atoms with Crippen LogP contribution in [0.4, 0.5) is 0 Å². The molecule has 4 unspecified atom stereocenters. The largest absolute Gasteiger partial charge is 0.507 e. The number of nitrogens with zero attached hydrogens (tertiary/aromatic N) is 2. The molecule has 0 aromatic heterocycles. The summed E-state index contributed by atoms with van der Waals surface area (Å²) < 4.78 is 6.08. The van der Waals surface area contributed by atoms with E-state index in [4.69, 9.17) is 4.74 Å². The third-order valence-electron chi connectivity index (χ3n) is 8.31. The fraction of sp³-hybridized carbons (Fsp3) is 0.424. The Balaban J connectivity index is 1.69. The van der Waals surface area contributed by atoms with E-state index in [-0.39, 0.29) is 29.6 Å². The van der Waals surface area contributed by atoms with Crippen LogP contribution in [0.1, 0.15) is 60.5 Å². The van der Waals surface area contributed by atoms with Crippen molar-refractivity contribution in [2.75, 3.05) is 19.6 Å². The first-order chi connectivity index (χ1) is 18.3.